The quantitative estimate of drug-likeness (QED) is 0.706. The van der Waals surface area contributed by atoms with Crippen molar-refractivity contribution in [1.29, 1.82) is 5.26 Å². The van der Waals surface area contributed by atoms with Crippen LogP contribution in [-0.2, 0) is 0 Å². The predicted octanol–water partition coefficient (Wildman–Crippen LogP) is 1.71. The van der Waals surface area contributed by atoms with Gasteiger partial charge in [0, 0.05) is 26.2 Å². The molecular weight excluding hydrogens is 186 g/mol. The summed E-state index contributed by atoms with van der Waals surface area (Å²) in [4.78, 5) is 4.72. The molecule has 1 fully saturated rings. The van der Waals surface area contributed by atoms with Crippen molar-refractivity contribution in [3.63, 3.8) is 0 Å². The van der Waals surface area contributed by atoms with Crippen LogP contribution < -0.4 is 0 Å². The van der Waals surface area contributed by atoms with E-state index in [4.69, 9.17) is 0 Å². The van der Waals surface area contributed by atoms with Crippen molar-refractivity contribution >= 4 is 0 Å². The summed E-state index contributed by atoms with van der Waals surface area (Å²) in [7, 11) is 2.15. The molecule has 15 heavy (non-hydrogen) atoms. The zero-order valence-electron chi connectivity index (χ0n) is 10.3. The molecule has 1 saturated heterocycles. The second-order valence-electron chi connectivity index (χ2n) is 4.54. The van der Waals surface area contributed by atoms with E-state index in [9.17, 15) is 5.26 Å². The number of piperazine rings is 1. The Hall–Kier alpha value is -0.590. The molecule has 0 aliphatic carbocycles. The van der Waals surface area contributed by atoms with Gasteiger partial charge in [-0.1, -0.05) is 20.3 Å². The summed E-state index contributed by atoms with van der Waals surface area (Å²) < 4.78 is 0. The molecule has 0 radical (unpaired) electrons. The fraction of sp³-hybridized carbons (Fsp3) is 0.917. The van der Waals surface area contributed by atoms with E-state index in [2.05, 4.69) is 36.8 Å². The standard InChI is InChI=1S/C12H23N3/c1-4-6-12(5-2,11-13)15-9-7-14(3)8-10-15/h4-10H2,1-3H3. The van der Waals surface area contributed by atoms with E-state index in [1.165, 1.54) is 0 Å². The number of rotatable bonds is 4. The topological polar surface area (TPSA) is 30.3 Å². The highest BCUT2D eigenvalue weighted by molar-refractivity contribution is 5.08. The maximum atomic E-state index is 9.42. The highest BCUT2D eigenvalue weighted by Gasteiger charge is 2.35. The highest BCUT2D eigenvalue weighted by Crippen LogP contribution is 2.25. The lowest BCUT2D eigenvalue weighted by Gasteiger charge is -2.42. The van der Waals surface area contributed by atoms with E-state index in [0.29, 0.717) is 0 Å². The molecule has 3 nitrogen and oxygen atoms in total. The number of nitriles is 1. The Labute approximate surface area is 93.7 Å². The van der Waals surface area contributed by atoms with Crippen LogP contribution in [0.3, 0.4) is 0 Å². The molecule has 1 atom stereocenters. The molecule has 0 saturated carbocycles. The summed E-state index contributed by atoms with van der Waals surface area (Å²) in [6.45, 7) is 8.56. The lowest BCUT2D eigenvalue weighted by Crippen LogP contribution is -2.55. The van der Waals surface area contributed by atoms with Gasteiger partial charge in [-0.3, -0.25) is 4.90 Å². The van der Waals surface area contributed by atoms with Crippen molar-refractivity contribution in [1.82, 2.24) is 9.80 Å². The van der Waals surface area contributed by atoms with Crippen LogP contribution >= 0.6 is 0 Å². The van der Waals surface area contributed by atoms with E-state index in [1.807, 2.05) is 0 Å². The molecule has 1 rings (SSSR count). The summed E-state index contributed by atoms with van der Waals surface area (Å²) in [6, 6.07) is 2.56. The fourth-order valence-corrected chi connectivity index (χ4v) is 2.41. The highest BCUT2D eigenvalue weighted by atomic mass is 15.3. The van der Waals surface area contributed by atoms with Crippen molar-refractivity contribution in [3.05, 3.63) is 0 Å². The van der Waals surface area contributed by atoms with Crippen LogP contribution in [0, 0.1) is 11.3 Å². The van der Waals surface area contributed by atoms with Crippen molar-refractivity contribution in [3.8, 4) is 6.07 Å². The van der Waals surface area contributed by atoms with E-state index in [1.54, 1.807) is 0 Å². The lowest BCUT2D eigenvalue weighted by molar-refractivity contribution is 0.0649. The van der Waals surface area contributed by atoms with Gasteiger partial charge in [0.25, 0.3) is 0 Å². The second kappa shape index (κ2) is 5.48. The maximum absolute atomic E-state index is 9.42. The Balaban J connectivity index is 2.68. The van der Waals surface area contributed by atoms with Crippen LogP contribution in [-0.4, -0.2) is 48.6 Å². The van der Waals surface area contributed by atoms with Gasteiger partial charge >= 0.3 is 0 Å². The molecule has 0 aromatic carbocycles. The predicted molar refractivity (Wildman–Crippen MR) is 62.6 cm³/mol. The lowest BCUT2D eigenvalue weighted by atomic mass is 9.89. The smallest absolute Gasteiger partial charge is 0.109 e. The van der Waals surface area contributed by atoms with Gasteiger partial charge in [0.05, 0.1) is 6.07 Å². The van der Waals surface area contributed by atoms with Crippen molar-refractivity contribution in [2.24, 2.45) is 0 Å². The summed E-state index contributed by atoms with van der Waals surface area (Å²) in [5, 5.41) is 9.42. The van der Waals surface area contributed by atoms with Crippen LogP contribution in [0.5, 0.6) is 0 Å². The van der Waals surface area contributed by atoms with E-state index < -0.39 is 0 Å². The third kappa shape index (κ3) is 2.70. The monoisotopic (exact) mass is 209 g/mol. The Morgan fingerprint density at radius 2 is 1.80 bits per heavy atom. The Bertz CT molecular complexity index is 226. The minimum Gasteiger partial charge on any atom is -0.304 e. The van der Waals surface area contributed by atoms with Gasteiger partial charge in [-0.05, 0) is 19.9 Å². The fourth-order valence-electron chi connectivity index (χ4n) is 2.41. The number of hydrogen-bond donors (Lipinski definition) is 0. The van der Waals surface area contributed by atoms with Gasteiger partial charge < -0.3 is 4.90 Å². The largest absolute Gasteiger partial charge is 0.304 e. The molecule has 0 amide bonds. The molecule has 0 aromatic heterocycles. The Morgan fingerprint density at radius 3 is 2.20 bits per heavy atom. The third-order valence-electron chi connectivity index (χ3n) is 3.57. The summed E-state index contributed by atoms with van der Waals surface area (Å²) >= 11 is 0. The van der Waals surface area contributed by atoms with Crippen LogP contribution in [0.4, 0.5) is 0 Å². The van der Waals surface area contributed by atoms with Crippen molar-refractivity contribution in [2.75, 3.05) is 33.2 Å². The molecule has 1 aliphatic heterocycles. The van der Waals surface area contributed by atoms with E-state index in [-0.39, 0.29) is 5.54 Å². The molecular formula is C12H23N3. The molecule has 1 heterocycles. The number of likely N-dealkylation sites (N-methyl/N-ethyl adjacent to an activating group) is 1. The summed E-state index contributed by atoms with van der Waals surface area (Å²) in [6.07, 6.45) is 3.04. The minimum atomic E-state index is -0.198. The zero-order valence-corrected chi connectivity index (χ0v) is 10.3. The first-order valence-electron chi connectivity index (χ1n) is 6.03. The Kier molecular flexibility index (Phi) is 4.56. The van der Waals surface area contributed by atoms with Crippen molar-refractivity contribution < 1.29 is 0 Å². The molecule has 86 valence electrons. The molecule has 0 aromatic rings. The SMILES string of the molecule is CCCC(C#N)(CC)N1CCN(C)CC1. The van der Waals surface area contributed by atoms with Crippen LogP contribution in [0.1, 0.15) is 33.1 Å². The Morgan fingerprint density at radius 1 is 1.20 bits per heavy atom. The molecule has 3 heteroatoms. The molecule has 1 aliphatic rings. The summed E-state index contributed by atoms with van der Waals surface area (Å²) in [5.74, 6) is 0. The first-order chi connectivity index (χ1) is 7.18. The summed E-state index contributed by atoms with van der Waals surface area (Å²) in [5.41, 5.74) is -0.198. The van der Waals surface area contributed by atoms with Gasteiger partial charge in [0.1, 0.15) is 5.54 Å². The van der Waals surface area contributed by atoms with E-state index in [0.717, 1.165) is 45.4 Å². The number of nitrogens with zero attached hydrogens (tertiary/aromatic N) is 3. The van der Waals surface area contributed by atoms with Crippen LogP contribution in [0.2, 0.25) is 0 Å². The van der Waals surface area contributed by atoms with Gasteiger partial charge in [0.15, 0.2) is 0 Å². The van der Waals surface area contributed by atoms with Gasteiger partial charge in [-0.15, -0.1) is 0 Å². The first-order valence-corrected chi connectivity index (χ1v) is 6.03. The van der Waals surface area contributed by atoms with Crippen LogP contribution in [0.15, 0.2) is 0 Å². The van der Waals surface area contributed by atoms with Crippen LogP contribution in [0.25, 0.3) is 0 Å². The third-order valence-corrected chi connectivity index (χ3v) is 3.57. The molecule has 1 unspecified atom stereocenters. The molecule has 0 spiro atoms. The average Bonchev–Trinajstić information content (AvgIpc) is 2.27. The minimum absolute atomic E-state index is 0.198. The average molecular weight is 209 g/mol. The first kappa shape index (κ1) is 12.5. The van der Waals surface area contributed by atoms with Gasteiger partial charge in [-0.2, -0.15) is 5.26 Å². The maximum Gasteiger partial charge on any atom is 0.109 e. The van der Waals surface area contributed by atoms with Gasteiger partial charge in [-0.25, -0.2) is 0 Å². The molecule has 0 N–H and O–H groups in total. The van der Waals surface area contributed by atoms with Gasteiger partial charge in [0.2, 0.25) is 0 Å². The van der Waals surface area contributed by atoms with Crippen molar-refractivity contribution in [2.45, 2.75) is 38.6 Å². The normalized spacial score (nSPS) is 23.3. The second-order valence-corrected chi connectivity index (χ2v) is 4.54. The zero-order chi connectivity index (χ0) is 11.3. The van der Waals surface area contributed by atoms with E-state index >= 15 is 0 Å². The molecule has 0 bridgehead atoms. The number of hydrogen-bond acceptors (Lipinski definition) is 3.